The lowest BCUT2D eigenvalue weighted by molar-refractivity contribution is 0.161. The summed E-state index contributed by atoms with van der Waals surface area (Å²) in [6.45, 7) is 5.00. The van der Waals surface area contributed by atoms with E-state index in [-0.39, 0.29) is 6.04 Å². The Kier molecular flexibility index (Phi) is 11.3. The molecule has 0 fully saturated rings. The van der Waals surface area contributed by atoms with E-state index in [2.05, 4.69) is 18.9 Å². The maximum Gasteiger partial charge on any atom is 0.0626 e. The van der Waals surface area contributed by atoms with Crippen molar-refractivity contribution in [2.24, 2.45) is 5.73 Å². The topological polar surface area (TPSA) is 38.5 Å². The van der Waals surface area contributed by atoms with Gasteiger partial charge in [-0.3, -0.25) is 0 Å². The number of rotatable bonds is 11. The van der Waals surface area contributed by atoms with E-state index >= 15 is 0 Å². The summed E-state index contributed by atoms with van der Waals surface area (Å²) >= 11 is 0. The first-order valence-electron chi connectivity index (χ1n) is 6.63. The Hall–Kier alpha value is -0.120. The summed E-state index contributed by atoms with van der Waals surface area (Å²) in [4.78, 5) is 2.31. The predicted molar refractivity (Wildman–Crippen MR) is 70.7 cm³/mol. The van der Waals surface area contributed by atoms with E-state index in [1.54, 1.807) is 7.11 Å². The maximum absolute atomic E-state index is 5.89. The summed E-state index contributed by atoms with van der Waals surface area (Å²) < 4.78 is 5.02. The average Bonchev–Trinajstić information content (AvgIpc) is 2.23. The minimum absolute atomic E-state index is 0.148. The molecule has 0 bridgehead atoms. The largest absolute Gasteiger partial charge is 0.383 e. The first kappa shape index (κ1) is 15.9. The molecule has 2 N–H and O–H groups in total. The molecule has 0 radical (unpaired) electrons. The quantitative estimate of drug-likeness (QED) is 0.553. The fraction of sp³-hybridized carbons (Fsp3) is 1.00. The van der Waals surface area contributed by atoms with Gasteiger partial charge in [-0.25, -0.2) is 0 Å². The molecule has 1 unspecified atom stereocenters. The highest BCUT2D eigenvalue weighted by Crippen LogP contribution is 2.05. The Morgan fingerprint density at radius 1 is 1.12 bits per heavy atom. The molecule has 0 rings (SSSR count). The number of likely N-dealkylation sites (N-methyl/N-ethyl adjacent to an activating group) is 1. The minimum Gasteiger partial charge on any atom is -0.383 e. The number of methoxy groups -OCH3 is 1. The summed E-state index contributed by atoms with van der Waals surface area (Å²) in [6.07, 6.45) is 8.12. The van der Waals surface area contributed by atoms with Crippen LogP contribution in [0.25, 0.3) is 0 Å². The lowest BCUT2D eigenvalue weighted by Gasteiger charge is -2.20. The van der Waals surface area contributed by atoms with E-state index in [4.69, 9.17) is 10.5 Å². The lowest BCUT2D eigenvalue weighted by atomic mass is 10.1. The van der Waals surface area contributed by atoms with E-state index in [0.29, 0.717) is 6.61 Å². The molecule has 0 aliphatic heterocycles. The molecule has 0 heterocycles. The number of unbranched alkanes of at least 4 members (excludes halogenated alkanes) is 5. The van der Waals surface area contributed by atoms with Crippen molar-refractivity contribution < 1.29 is 4.74 Å². The molecule has 1 atom stereocenters. The van der Waals surface area contributed by atoms with E-state index in [9.17, 15) is 0 Å². The van der Waals surface area contributed by atoms with Gasteiger partial charge < -0.3 is 15.4 Å². The highest BCUT2D eigenvalue weighted by molar-refractivity contribution is 4.64. The van der Waals surface area contributed by atoms with Crippen molar-refractivity contribution in [2.75, 3.05) is 33.9 Å². The van der Waals surface area contributed by atoms with Crippen LogP contribution in [0.15, 0.2) is 0 Å². The summed E-state index contributed by atoms with van der Waals surface area (Å²) in [7, 11) is 3.84. The first-order chi connectivity index (χ1) is 7.70. The Bertz CT molecular complexity index is 142. The number of hydrogen-bond donors (Lipinski definition) is 1. The van der Waals surface area contributed by atoms with E-state index in [1.807, 2.05) is 0 Å². The molecule has 0 spiro atoms. The molecule has 3 nitrogen and oxygen atoms in total. The molecule has 0 aromatic rings. The summed E-state index contributed by atoms with van der Waals surface area (Å²) in [5.74, 6) is 0. The van der Waals surface area contributed by atoms with Crippen LogP contribution in [0.2, 0.25) is 0 Å². The zero-order chi connectivity index (χ0) is 12.2. The van der Waals surface area contributed by atoms with Crippen LogP contribution >= 0.6 is 0 Å². The minimum atomic E-state index is 0.148. The van der Waals surface area contributed by atoms with Crippen LogP contribution in [0.5, 0.6) is 0 Å². The monoisotopic (exact) mass is 230 g/mol. The van der Waals surface area contributed by atoms with E-state index in [0.717, 1.165) is 13.1 Å². The third-order valence-corrected chi connectivity index (χ3v) is 2.82. The Balaban J connectivity index is 3.26. The number of nitrogens with zero attached hydrogens (tertiary/aromatic N) is 1. The molecule has 0 saturated heterocycles. The van der Waals surface area contributed by atoms with Crippen LogP contribution in [0.1, 0.15) is 45.4 Å². The van der Waals surface area contributed by atoms with Gasteiger partial charge in [0.1, 0.15) is 0 Å². The second kappa shape index (κ2) is 11.4. The SMILES string of the molecule is CCCCCCCCN(C)CC(N)COC. The zero-order valence-electron chi connectivity index (χ0n) is 11.4. The molecule has 0 saturated carbocycles. The predicted octanol–water partition coefficient (Wildman–Crippen LogP) is 2.25. The second-order valence-electron chi connectivity index (χ2n) is 4.75. The van der Waals surface area contributed by atoms with Gasteiger partial charge in [-0.2, -0.15) is 0 Å². The highest BCUT2D eigenvalue weighted by Gasteiger charge is 2.05. The highest BCUT2D eigenvalue weighted by atomic mass is 16.5. The molecule has 3 heteroatoms. The third kappa shape index (κ3) is 10.4. The summed E-state index contributed by atoms with van der Waals surface area (Å²) in [5.41, 5.74) is 5.89. The van der Waals surface area contributed by atoms with Gasteiger partial charge >= 0.3 is 0 Å². The lowest BCUT2D eigenvalue weighted by Crippen LogP contribution is -2.38. The van der Waals surface area contributed by atoms with Crippen molar-refractivity contribution in [3.8, 4) is 0 Å². The van der Waals surface area contributed by atoms with Crippen molar-refractivity contribution in [2.45, 2.75) is 51.5 Å². The fourth-order valence-electron chi connectivity index (χ4n) is 1.92. The Morgan fingerprint density at radius 3 is 2.38 bits per heavy atom. The van der Waals surface area contributed by atoms with Crippen LogP contribution in [-0.2, 0) is 4.74 Å². The standard InChI is InChI=1S/C13H30N2O/c1-4-5-6-7-8-9-10-15(2)11-13(14)12-16-3/h13H,4-12,14H2,1-3H3. The van der Waals surface area contributed by atoms with Crippen LogP contribution in [-0.4, -0.2) is 44.8 Å². The molecular formula is C13H30N2O. The van der Waals surface area contributed by atoms with Crippen molar-refractivity contribution in [1.82, 2.24) is 4.90 Å². The third-order valence-electron chi connectivity index (χ3n) is 2.82. The van der Waals surface area contributed by atoms with Crippen LogP contribution in [0.3, 0.4) is 0 Å². The molecule has 0 aromatic carbocycles. The Labute approximate surface area is 101 Å². The maximum atomic E-state index is 5.89. The zero-order valence-corrected chi connectivity index (χ0v) is 11.4. The van der Waals surface area contributed by atoms with E-state index < -0.39 is 0 Å². The molecule has 0 aliphatic carbocycles. The van der Waals surface area contributed by atoms with Crippen molar-refractivity contribution in [3.63, 3.8) is 0 Å². The average molecular weight is 230 g/mol. The first-order valence-corrected chi connectivity index (χ1v) is 6.63. The van der Waals surface area contributed by atoms with Gasteiger partial charge in [0.2, 0.25) is 0 Å². The molecule has 0 amide bonds. The van der Waals surface area contributed by atoms with Crippen molar-refractivity contribution >= 4 is 0 Å². The molecule has 16 heavy (non-hydrogen) atoms. The molecule has 0 aromatic heterocycles. The van der Waals surface area contributed by atoms with E-state index in [1.165, 1.54) is 38.5 Å². The fourth-order valence-corrected chi connectivity index (χ4v) is 1.92. The van der Waals surface area contributed by atoms with Gasteiger partial charge in [0.15, 0.2) is 0 Å². The van der Waals surface area contributed by atoms with Gasteiger partial charge in [-0.1, -0.05) is 39.0 Å². The van der Waals surface area contributed by atoms with Gasteiger partial charge in [0.05, 0.1) is 6.61 Å². The van der Waals surface area contributed by atoms with Gasteiger partial charge in [0.25, 0.3) is 0 Å². The number of hydrogen-bond acceptors (Lipinski definition) is 3. The normalized spacial score (nSPS) is 13.3. The Morgan fingerprint density at radius 2 is 1.75 bits per heavy atom. The smallest absolute Gasteiger partial charge is 0.0626 e. The van der Waals surface area contributed by atoms with Gasteiger partial charge in [-0.05, 0) is 20.0 Å². The van der Waals surface area contributed by atoms with Crippen LogP contribution in [0.4, 0.5) is 0 Å². The second-order valence-corrected chi connectivity index (χ2v) is 4.75. The number of nitrogens with two attached hydrogens (primary N) is 1. The number of ether oxygens (including phenoxy) is 1. The van der Waals surface area contributed by atoms with Gasteiger partial charge in [0, 0.05) is 19.7 Å². The van der Waals surface area contributed by atoms with Gasteiger partial charge in [-0.15, -0.1) is 0 Å². The summed E-state index contributed by atoms with van der Waals surface area (Å²) in [5, 5.41) is 0. The molecular weight excluding hydrogens is 200 g/mol. The summed E-state index contributed by atoms with van der Waals surface area (Å²) in [6, 6.07) is 0.148. The van der Waals surface area contributed by atoms with Crippen LogP contribution in [0, 0.1) is 0 Å². The van der Waals surface area contributed by atoms with Crippen molar-refractivity contribution in [3.05, 3.63) is 0 Å². The molecule has 0 aliphatic rings. The van der Waals surface area contributed by atoms with Crippen molar-refractivity contribution in [1.29, 1.82) is 0 Å². The molecule has 98 valence electrons. The van der Waals surface area contributed by atoms with Crippen LogP contribution < -0.4 is 5.73 Å².